The molecule has 1 aromatic carbocycles. The summed E-state index contributed by atoms with van der Waals surface area (Å²) in [5.41, 5.74) is 1.38. The number of aromatic nitrogens is 2. The van der Waals surface area contributed by atoms with Gasteiger partial charge in [-0.25, -0.2) is 4.68 Å². The van der Waals surface area contributed by atoms with Crippen molar-refractivity contribution in [3.8, 4) is 5.69 Å². The molecule has 24 heavy (non-hydrogen) atoms. The number of aliphatic hydroxyl groups excluding tert-OH is 1. The lowest BCUT2D eigenvalue weighted by Gasteiger charge is -2.29. The van der Waals surface area contributed by atoms with Crippen molar-refractivity contribution in [1.82, 2.24) is 25.3 Å². The standard InChI is InChI=1S/C17H23N5O2/c23-16(13-21-9-6-18-7-10-21)12-19-17(24)14-3-1-4-15(11-14)22-8-2-5-20-22/h1-5,8,11,16,18,23H,6-7,9-10,12-13H2,(H,19,24). The third-order valence-corrected chi connectivity index (χ3v) is 4.05. The van der Waals surface area contributed by atoms with Crippen LogP contribution in [0.25, 0.3) is 5.69 Å². The first-order chi connectivity index (χ1) is 11.7. The average Bonchev–Trinajstić information content (AvgIpc) is 3.15. The Morgan fingerprint density at radius 1 is 1.33 bits per heavy atom. The van der Waals surface area contributed by atoms with Gasteiger partial charge in [0.15, 0.2) is 0 Å². The highest BCUT2D eigenvalue weighted by Gasteiger charge is 2.15. The molecule has 1 atom stereocenters. The van der Waals surface area contributed by atoms with Gasteiger partial charge in [-0.2, -0.15) is 5.10 Å². The summed E-state index contributed by atoms with van der Waals surface area (Å²) in [4.78, 5) is 14.5. The van der Waals surface area contributed by atoms with Gasteiger partial charge in [-0.3, -0.25) is 9.69 Å². The molecule has 7 nitrogen and oxygen atoms in total. The van der Waals surface area contributed by atoms with Gasteiger partial charge in [-0.15, -0.1) is 0 Å². The number of nitrogens with one attached hydrogen (secondary N) is 2. The molecule has 3 rings (SSSR count). The molecular weight excluding hydrogens is 306 g/mol. The third-order valence-electron chi connectivity index (χ3n) is 4.05. The highest BCUT2D eigenvalue weighted by molar-refractivity contribution is 5.94. The molecule has 128 valence electrons. The van der Waals surface area contributed by atoms with Gasteiger partial charge in [-0.05, 0) is 24.3 Å². The molecule has 1 aliphatic rings. The van der Waals surface area contributed by atoms with Crippen LogP contribution < -0.4 is 10.6 Å². The summed E-state index contributed by atoms with van der Waals surface area (Å²) in [5, 5.41) is 20.3. The Morgan fingerprint density at radius 2 is 2.17 bits per heavy atom. The lowest BCUT2D eigenvalue weighted by Crippen LogP contribution is -2.48. The molecule has 1 amide bonds. The van der Waals surface area contributed by atoms with Crippen LogP contribution in [0, 0.1) is 0 Å². The first-order valence-corrected chi connectivity index (χ1v) is 8.22. The lowest BCUT2D eigenvalue weighted by molar-refractivity contribution is 0.0842. The second-order valence-corrected chi connectivity index (χ2v) is 5.92. The van der Waals surface area contributed by atoms with Crippen molar-refractivity contribution < 1.29 is 9.90 Å². The first kappa shape index (κ1) is 16.6. The number of carbonyl (C=O) groups excluding carboxylic acids is 1. The van der Waals surface area contributed by atoms with Gasteiger partial charge >= 0.3 is 0 Å². The van der Waals surface area contributed by atoms with Crippen molar-refractivity contribution in [2.45, 2.75) is 6.10 Å². The Bertz CT molecular complexity index is 653. The van der Waals surface area contributed by atoms with Crippen LogP contribution in [0.1, 0.15) is 10.4 Å². The van der Waals surface area contributed by atoms with Crippen molar-refractivity contribution in [1.29, 1.82) is 0 Å². The van der Waals surface area contributed by atoms with Crippen molar-refractivity contribution >= 4 is 5.91 Å². The van der Waals surface area contributed by atoms with E-state index in [-0.39, 0.29) is 12.5 Å². The summed E-state index contributed by atoms with van der Waals surface area (Å²) < 4.78 is 1.70. The number of benzene rings is 1. The number of hydrogen-bond acceptors (Lipinski definition) is 5. The van der Waals surface area contributed by atoms with Gasteiger partial charge in [0, 0.05) is 57.2 Å². The summed E-state index contributed by atoms with van der Waals surface area (Å²) >= 11 is 0. The van der Waals surface area contributed by atoms with Gasteiger partial charge < -0.3 is 15.7 Å². The predicted molar refractivity (Wildman–Crippen MR) is 91.2 cm³/mol. The molecule has 0 saturated carbocycles. The van der Waals surface area contributed by atoms with Crippen LogP contribution in [0.15, 0.2) is 42.7 Å². The first-order valence-electron chi connectivity index (χ1n) is 8.22. The van der Waals surface area contributed by atoms with Gasteiger partial charge in [0.05, 0.1) is 11.8 Å². The van der Waals surface area contributed by atoms with Crippen molar-refractivity contribution in [3.05, 3.63) is 48.3 Å². The van der Waals surface area contributed by atoms with Crippen LogP contribution >= 0.6 is 0 Å². The molecule has 3 N–H and O–H groups in total. The number of hydrogen-bond donors (Lipinski definition) is 3. The monoisotopic (exact) mass is 329 g/mol. The molecular formula is C17H23N5O2. The summed E-state index contributed by atoms with van der Waals surface area (Å²) in [7, 11) is 0. The molecule has 1 fully saturated rings. The Balaban J connectivity index is 1.52. The smallest absolute Gasteiger partial charge is 0.251 e. The molecule has 0 aliphatic carbocycles. The zero-order chi connectivity index (χ0) is 16.8. The third kappa shape index (κ3) is 4.41. The number of β-amino-alcohol motifs (C(OH)–C–C–N with tert-alkyl or cyclic N) is 1. The van der Waals surface area contributed by atoms with E-state index in [2.05, 4.69) is 20.6 Å². The maximum absolute atomic E-state index is 12.3. The zero-order valence-corrected chi connectivity index (χ0v) is 13.6. The Hall–Kier alpha value is -2.22. The van der Waals surface area contributed by atoms with E-state index in [0.717, 1.165) is 31.9 Å². The van der Waals surface area contributed by atoms with E-state index in [4.69, 9.17) is 0 Å². The largest absolute Gasteiger partial charge is 0.390 e. The number of piperazine rings is 1. The molecule has 2 heterocycles. The fourth-order valence-electron chi connectivity index (χ4n) is 2.78. The minimum absolute atomic E-state index is 0.191. The van der Waals surface area contributed by atoms with Crippen molar-refractivity contribution in [2.75, 3.05) is 39.3 Å². The van der Waals surface area contributed by atoms with Gasteiger partial charge in [-0.1, -0.05) is 6.07 Å². The predicted octanol–water partition coefficient (Wildman–Crippen LogP) is -0.132. The fourth-order valence-corrected chi connectivity index (χ4v) is 2.78. The Kier molecular flexibility index (Phi) is 5.58. The van der Waals surface area contributed by atoms with E-state index in [1.165, 1.54) is 0 Å². The zero-order valence-electron chi connectivity index (χ0n) is 13.6. The van der Waals surface area contributed by atoms with Crippen molar-refractivity contribution in [3.63, 3.8) is 0 Å². The molecule has 0 bridgehead atoms. The molecule has 0 radical (unpaired) electrons. The van der Waals surface area contributed by atoms with E-state index in [1.807, 2.05) is 24.4 Å². The molecule has 1 aliphatic heterocycles. The summed E-state index contributed by atoms with van der Waals surface area (Å²) in [6.07, 6.45) is 2.95. The SMILES string of the molecule is O=C(NCC(O)CN1CCNCC1)c1cccc(-n2cccn2)c1. The van der Waals surface area contributed by atoms with Crippen LogP contribution in [-0.4, -0.2) is 71.1 Å². The van der Waals surface area contributed by atoms with E-state index >= 15 is 0 Å². The maximum Gasteiger partial charge on any atom is 0.251 e. The highest BCUT2D eigenvalue weighted by atomic mass is 16.3. The second kappa shape index (κ2) is 8.05. The minimum Gasteiger partial charge on any atom is -0.390 e. The number of aliphatic hydroxyl groups is 1. The Morgan fingerprint density at radius 3 is 2.92 bits per heavy atom. The topological polar surface area (TPSA) is 82.4 Å². The number of rotatable bonds is 6. The fraction of sp³-hybridized carbons (Fsp3) is 0.412. The van der Waals surface area contributed by atoms with Gasteiger partial charge in [0.2, 0.25) is 0 Å². The van der Waals surface area contributed by atoms with E-state index in [0.29, 0.717) is 12.1 Å². The average molecular weight is 329 g/mol. The second-order valence-electron chi connectivity index (χ2n) is 5.92. The summed E-state index contributed by atoms with van der Waals surface area (Å²) in [5.74, 6) is -0.191. The number of carbonyl (C=O) groups is 1. The number of nitrogens with zero attached hydrogens (tertiary/aromatic N) is 3. The highest BCUT2D eigenvalue weighted by Crippen LogP contribution is 2.09. The Labute approximate surface area is 141 Å². The van der Waals surface area contributed by atoms with E-state index in [1.54, 1.807) is 23.0 Å². The molecule has 2 aromatic rings. The number of amides is 1. The van der Waals surface area contributed by atoms with Crippen molar-refractivity contribution in [2.24, 2.45) is 0 Å². The lowest BCUT2D eigenvalue weighted by atomic mass is 10.2. The molecule has 1 unspecified atom stereocenters. The normalized spacial score (nSPS) is 16.7. The van der Waals surface area contributed by atoms with Crippen LogP contribution in [-0.2, 0) is 0 Å². The van der Waals surface area contributed by atoms with Crippen LogP contribution in [0.2, 0.25) is 0 Å². The van der Waals surface area contributed by atoms with Gasteiger partial charge in [0.1, 0.15) is 0 Å². The quantitative estimate of drug-likeness (QED) is 0.688. The molecule has 0 spiro atoms. The molecule has 1 aromatic heterocycles. The minimum atomic E-state index is -0.568. The van der Waals surface area contributed by atoms with Crippen LogP contribution in [0.3, 0.4) is 0 Å². The summed E-state index contributed by atoms with van der Waals surface area (Å²) in [6, 6.07) is 9.08. The maximum atomic E-state index is 12.3. The van der Waals surface area contributed by atoms with Gasteiger partial charge in [0.25, 0.3) is 5.91 Å². The summed E-state index contributed by atoms with van der Waals surface area (Å²) in [6.45, 7) is 4.57. The van der Waals surface area contributed by atoms with E-state index in [9.17, 15) is 9.90 Å². The molecule has 7 heteroatoms. The molecule has 1 saturated heterocycles. The van der Waals surface area contributed by atoms with Crippen LogP contribution in [0.4, 0.5) is 0 Å². The van der Waals surface area contributed by atoms with E-state index < -0.39 is 6.10 Å². The van der Waals surface area contributed by atoms with Crippen LogP contribution in [0.5, 0.6) is 0 Å².